The molecule has 2 aliphatic rings. The van der Waals surface area contributed by atoms with Crippen molar-refractivity contribution in [1.29, 1.82) is 5.26 Å². The standard InChI is InChI=1S/C23H24N4O3/c1-11(2)30-23-19-18(16-6-5-14(9-24)15-7-8-29-21(15)16)17(22(25)28)13(4)27-20(19)12(3)10-26-23/h5-6,10-11,18,27H,7-8H2,1-4H3,(H2,25,28). The van der Waals surface area contributed by atoms with Crippen molar-refractivity contribution in [2.45, 2.75) is 46.1 Å². The predicted molar refractivity (Wildman–Crippen MR) is 112 cm³/mol. The van der Waals surface area contributed by atoms with Crippen molar-refractivity contribution in [3.05, 3.63) is 57.4 Å². The largest absolute Gasteiger partial charge is 0.493 e. The monoisotopic (exact) mass is 404 g/mol. The molecule has 1 aromatic heterocycles. The third-order valence-electron chi connectivity index (χ3n) is 5.50. The number of carbonyl (C=O) groups excluding carboxylic acids is 1. The number of nitrogens with one attached hydrogen (secondary N) is 1. The molecule has 1 atom stereocenters. The molecule has 0 saturated heterocycles. The summed E-state index contributed by atoms with van der Waals surface area (Å²) in [5.74, 6) is 0.0594. The number of pyridine rings is 1. The van der Waals surface area contributed by atoms with E-state index >= 15 is 0 Å². The van der Waals surface area contributed by atoms with Crippen LogP contribution in [0.4, 0.5) is 5.69 Å². The lowest BCUT2D eigenvalue weighted by atomic mass is 9.79. The second-order valence-corrected chi connectivity index (χ2v) is 7.88. The highest BCUT2D eigenvalue weighted by Crippen LogP contribution is 2.50. The first-order valence-electron chi connectivity index (χ1n) is 9.95. The Balaban J connectivity index is 2.04. The fourth-order valence-corrected chi connectivity index (χ4v) is 4.27. The van der Waals surface area contributed by atoms with Gasteiger partial charge in [-0.05, 0) is 39.3 Å². The Hall–Kier alpha value is -3.53. The van der Waals surface area contributed by atoms with Gasteiger partial charge in [-0.15, -0.1) is 0 Å². The van der Waals surface area contributed by atoms with Crippen LogP contribution in [0.15, 0.2) is 29.6 Å². The van der Waals surface area contributed by atoms with Gasteiger partial charge in [0.05, 0.1) is 41.5 Å². The lowest BCUT2D eigenvalue weighted by Crippen LogP contribution is -2.29. The van der Waals surface area contributed by atoms with Crippen LogP contribution in [0.5, 0.6) is 11.6 Å². The Bertz CT molecular complexity index is 1130. The molecule has 3 heterocycles. The molecule has 7 nitrogen and oxygen atoms in total. The van der Waals surface area contributed by atoms with E-state index in [1.54, 1.807) is 12.3 Å². The number of benzene rings is 1. The maximum atomic E-state index is 12.6. The average Bonchev–Trinajstić information content (AvgIpc) is 3.18. The van der Waals surface area contributed by atoms with Gasteiger partial charge in [-0.2, -0.15) is 5.26 Å². The number of amides is 1. The van der Waals surface area contributed by atoms with Gasteiger partial charge < -0.3 is 20.5 Å². The number of carbonyl (C=O) groups is 1. The van der Waals surface area contributed by atoms with Crippen LogP contribution in [0, 0.1) is 18.3 Å². The summed E-state index contributed by atoms with van der Waals surface area (Å²) in [7, 11) is 0. The molecule has 1 amide bonds. The van der Waals surface area contributed by atoms with E-state index in [-0.39, 0.29) is 6.10 Å². The van der Waals surface area contributed by atoms with E-state index in [0.29, 0.717) is 41.5 Å². The van der Waals surface area contributed by atoms with Crippen LogP contribution in [0.1, 0.15) is 54.5 Å². The van der Waals surface area contributed by atoms with Crippen LogP contribution >= 0.6 is 0 Å². The predicted octanol–water partition coefficient (Wildman–Crippen LogP) is 3.30. The fourth-order valence-electron chi connectivity index (χ4n) is 4.27. The zero-order valence-electron chi connectivity index (χ0n) is 17.5. The molecule has 154 valence electrons. The number of allylic oxidation sites excluding steroid dienone is 1. The van der Waals surface area contributed by atoms with Gasteiger partial charge in [0.1, 0.15) is 5.75 Å². The van der Waals surface area contributed by atoms with Gasteiger partial charge in [0.15, 0.2) is 0 Å². The zero-order valence-corrected chi connectivity index (χ0v) is 17.5. The smallest absolute Gasteiger partial charge is 0.247 e. The Labute approximate surface area is 175 Å². The van der Waals surface area contributed by atoms with Gasteiger partial charge >= 0.3 is 0 Å². The second-order valence-electron chi connectivity index (χ2n) is 7.88. The SMILES string of the molecule is CC1=C(C(N)=O)C(c2ccc(C#N)c3c2OCC3)c2c(OC(C)C)ncc(C)c2N1. The molecule has 0 bridgehead atoms. The zero-order chi connectivity index (χ0) is 21.6. The van der Waals surface area contributed by atoms with Crippen molar-refractivity contribution in [3.8, 4) is 17.7 Å². The number of nitrogens with zero attached hydrogens (tertiary/aromatic N) is 2. The molecule has 4 rings (SSSR count). The van der Waals surface area contributed by atoms with E-state index < -0.39 is 11.8 Å². The van der Waals surface area contributed by atoms with E-state index in [0.717, 1.165) is 27.9 Å². The highest BCUT2D eigenvalue weighted by Gasteiger charge is 2.38. The molecule has 0 radical (unpaired) electrons. The Morgan fingerprint density at radius 1 is 1.40 bits per heavy atom. The van der Waals surface area contributed by atoms with Crippen LogP contribution in [-0.2, 0) is 11.2 Å². The molecular formula is C23H24N4O3. The number of rotatable bonds is 4. The maximum Gasteiger partial charge on any atom is 0.247 e. The summed E-state index contributed by atoms with van der Waals surface area (Å²) in [6.45, 7) is 8.14. The first-order valence-corrected chi connectivity index (χ1v) is 9.95. The highest BCUT2D eigenvalue weighted by atomic mass is 16.5. The topological polar surface area (TPSA) is 110 Å². The minimum absolute atomic E-state index is 0.100. The number of anilines is 1. The van der Waals surface area contributed by atoms with Gasteiger partial charge in [-0.25, -0.2) is 4.98 Å². The number of hydrogen-bond donors (Lipinski definition) is 2. The van der Waals surface area contributed by atoms with Gasteiger partial charge in [0, 0.05) is 35.0 Å². The summed E-state index contributed by atoms with van der Waals surface area (Å²) >= 11 is 0. The second kappa shape index (κ2) is 7.38. The molecule has 0 fully saturated rings. The highest BCUT2D eigenvalue weighted by molar-refractivity contribution is 5.98. The van der Waals surface area contributed by atoms with Gasteiger partial charge in [0.25, 0.3) is 0 Å². The molecule has 2 aliphatic heterocycles. The number of nitriles is 1. The van der Waals surface area contributed by atoms with Crippen molar-refractivity contribution < 1.29 is 14.3 Å². The third kappa shape index (κ3) is 3.05. The van der Waals surface area contributed by atoms with Crippen LogP contribution in [0.25, 0.3) is 0 Å². The lowest BCUT2D eigenvalue weighted by molar-refractivity contribution is -0.114. The molecule has 7 heteroatoms. The van der Waals surface area contributed by atoms with E-state index in [4.69, 9.17) is 15.2 Å². The van der Waals surface area contributed by atoms with E-state index in [2.05, 4.69) is 16.4 Å². The Kier molecular flexibility index (Phi) is 4.86. The van der Waals surface area contributed by atoms with Crippen molar-refractivity contribution >= 4 is 11.6 Å². The molecule has 0 aliphatic carbocycles. The summed E-state index contributed by atoms with van der Waals surface area (Å²) in [4.78, 5) is 17.1. The molecule has 1 aromatic carbocycles. The first kappa shape index (κ1) is 19.8. The van der Waals surface area contributed by atoms with Gasteiger partial charge in [-0.3, -0.25) is 4.79 Å². The molecule has 0 spiro atoms. The number of nitrogens with two attached hydrogens (primary N) is 1. The number of aryl methyl sites for hydroxylation is 1. The van der Waals surface area contributed by atoms with E-state index in [1.807, 2.05) is 33.8 Å². The fraction of sp³-hybridized carbons (Fsp3) is 0.348. The first-order chi connectivity index (χ1) is 14.3. The maximum absolute atomic E-state index is 12.6. The van der Waals surface area contributed by atoms with Crippen molar-refractivity contribution in [3.63, 3.8) is 0 Å². The summed E-state index contributed by atoms with van der Waals surface area (Å²) in [6.07, 6.45) is 2.31. The Morgan fingerprint density at radius 3 is 2.83 bits per heavy atom. The third-order valence-corrected chi connectivity index (χ3v) is 5.50. The molecular weight excluding hydrogens is 380 g/mol. The van der Waals surface area contributed by atoms with Crippen molar-refractivity contribution in [2.24, 2.45) is 5.73 Å². The van der Waals surface area contributed by atoms with Crippen LogP contribution in [0.2, 0.25) is 0 Å². The van der Waals surface area contributed by atoms with Gasteiger partial charge in [0.2, 0.25) is 11.8 Å². The van der Waals surface area contributed by atoms with E-state index in [9.17, 15) is 10.1 Å². The molecule has 30 heavy (non-hydrogen) atoms. The normalized spacial score (nSPS) is 17.0. The molecule has 0 saturated carbocycles. The van der Waals surface area contributed by atoms with Crippen molar-refractivity contribution in [1.82, 2.24) is 4.98 Å². The molecule has 1 unspecified atom stereocenters. The Morgan fingerprint density at radius 2 is 2.17 bits per heavy atom. The lowest BCUT2D eigenvalue weighted by Gasteiger charge is -2.32. The van der Waals surface area contributed by atoms with Crippen LogP contribution in [0.3, 0.4) is 0 Å². The molecule has 2 aromatic rings. The average molecular weight is 404 g/mol. The number of ether oxygens (including phenoxy) is 2. The molecule has 3 N–H and O–H groups in total. The number of aromatic nitrogens is 1. The summed E-state index contributed by atoms with van der Waals surface area (Å²) < 4.78 is 12.0. The number of primary amides is 1. The van der Waals surface area contributed by atoms with Crippen molar-refractivity contribution in [2.75, 3.05) is 11.9 Å². The quantitative estimate of drug-likeness (QED) is 0.809. The minimum atomic E-state index is -0.524. The van der Waals surface area contributed by atoms with Crippen LogP contribution < -0.4 is 20.5 Å². The summed E-state index contributed by atoms with van der Waals surface area (Å²) in [5, 5.41) is 12.8. The van der Waals surface area contributed by atoms with Crippen LogP contribution in [-0.4, -0.2) is 23.6 Å². The summed E-state index contributed by atoms with van der Waals surface area (Å²) in [5.41, 5.74) is 11.7. The summed E-state index contributed by atoms with van der Waals surface area (Å²) in [6, 6.07) is 5.86. The minimum Gasteiger partial charge on any atom is -0.493 e. The number of hydrogen-bond acceptors (Lipinski definition) is 6. The number of fused-ring (bicyclic) bond motifs is 2. The van der Waals surface area contributed by atoms with E-state index in [1.165, 1.54) is 0 Å². The van der Waals surface area contributed by atoms with Gasteiger partial charge in [-0.1, -0.05) is 6.07 Å².